The van der Waals surface area contributed by atoms with E-state index in [1.807, 2.05) is 24.3 Å². The highest BCUT2D eigenvalue weighted by Gasteiger charge is 2.27. The van der Waals surface area contributed by atoms with Crippen molar-refractivity contribution in [3.63, 3.8) is 0 Å². The number of likely N-dealkylation sites (tertiary alicyclic amines) is 1. The van der Waals surface area contributed by atoms with Crippen LogP contribution in [0.1, 0.15) is 64.4 Å². The first-order valence-corrected chi connectivity index (χ1v) is 21.5. The molecule has 0 aromatic heterocycles. The standard InChI is InChI=1S/C23H24Cl2N2O5.C22H24Cl2N2O4/c1-14(28)27-11-9-17(10-12-27)32-16-7-5-15(6-8-16)13-20(23(30)31)26-22(29)21-18(24)3-2-4-19(21)25;1-29-22(28)19(26-21(27)20-17(23)3-2-4-18(20)24)13-14-5-7-15(8-6-14)30-16-9-11-25-12-10-16/h2-8,17,20H,9-13H2,1H3,(H,26,29)(H,30,31);2-8,16,19,25H,9-13H2,1H3,(H,26,27)/t20-;19-/m00/s1. The molecule has 17 heteroatoms. The summed E-state index contributed by atoms with van der Waals surface area (Å²) in [4.78, 5) is 62.4. The Kier molecular flexibility index (Phi) is 18.1. The second-order valence-corrected chi connectivity index (χ2v) is 16.3. The third kappa shape index (κ3) is 14.0. The van der Waals surface area contributed by atoms with Crippen LogP contribution in [0.4, 0.5) is 0 Å². The number of esters is 1. The fraction of sp³-hybridized carbons (Fsp3) is 0.356. The number of carbonyl (C=O) groups excluding carboxylic acids is 4. The van der Waals surface area contributed by atoms with Crippen LogP contribution in [0.2, 0.25) is 20.1 Å². The maximum atomic E-state index is 12.7. The zero-order valence-electron chi connectivity index (χ0n) is 34.1. The molecule has 2 saturated heterocycles. The van der Waals surface area contributed by atoms with Gasteiger partial charge in [-0.25, -0.2) is 9.59 Å². The summed E-state index contributed by atoms with van der Waals surface area (Å²) in [5.41, 5.74) is 1.75. The van der Waals surface area contributed by atoms with Gasteiger partial charge in [-0.1, -0.05) is 82.8 Å². The molecule has 3 amide bonds. The Bertz CT molecular complexity index is 2140. The normalized spacial score (nSPS) is 15.2. The van der Waals surface area contributed by atoms with Crippen LogP contribution < -0.4 is 25.4 Å². The Morgan fingerprint density at radius 1 is 0.661 bits per heavy atom. The first kappa shape index (κ1) is 48.0. The zero-order valence-corrected chi connectivity index (χ0v) is 37.2. The van der Waals surface area contributed by atoms with Gasteiger partial charge in [0.15, 0.2) is 0 Å². The summed E-state index contributed by atoms with van der Waals surface area (Å²) in [6.07, 6.45) is 4.06. The molecule has 0 saturated carbocycles. The second kappa shape index (κ2) is 23.4. The van der Waals surface area contributed by atoms with Crippen molar-refractivity contribution in [1.82, 2.24) is 20.9 Å². The SMILES string of the molecule is CC(=O)N1CCC(Oc2ccc(C[C@H](NC(=O)c3c(Cl)cccc3Cl)C(=O)O)cc2)CC1.COC(=O)[C@H](Cc1ccc(OC2CCNCC2)cc1)NC(=O)c1c(Cl)cccc1Cl. The molecule has 2 atom stereocenters. The van der Waals surface area contributed by atoms with Crippen LogP contribution in [0, 0.1) is 0 Å². The molecule has 4 N–H and O–H groups in total. The highest BCUT2D eigenvalue weighted by atomic mass is 35.5. The number of hydrogen-bond acceptors (Lipinski definition) is 9. The monoisotopic (exact) mass is 928 g/mol. The van der Waals surface area contributed by atoms with E-state index in [2.05, 4.69) is 16.0 Å². The molecule has 0 radical (unpaired) electrons. The minimum absolute atomic E-state index is 0.0304. The molecule has 330 valence electrons. The van der Waals surface area contributed by atoms with Crippen LogP contribution in [-0.2, 0) is 32.0 Å². The van der Waals surface area contributed by atoms with E-state index in [1.54, 1.807) is 60.4 Å². The summed E-state index contributed by atoms with van der Waals surface area (Å²) in [6.45, 7) is 4.83. The summed E-state index contributed by atoms with van der Waals surface area (Å²) in [5.74, 6) is -1.37. The largest absolute Gasteiger partial charge is 0.490 e. The quantitative estimate of drug-likeness (QED) is 0.0932. The lowest BCUT2D eigenvalue weighted by Crippen LogP contribution is -2.43. The number of methoxy groups -OCH3 is 1. The van der Waals surface area contributed by atoms with Crippen molar-refractivity contribution in [2.24, 2.45) is 0 Å². The van der Waals surface area contributed by atoms with Gasteiger partial charge < -0.3 is 40.2 Å². The number of hydrogen-bond donors (Lipinski definition) is 4. The van der Waals surface area contributed by atoms with Gasteiger partial charge >= 0.3 is 11.9 Å². The molecule has 2 heterocycles. The number of amides is 3. The van der Waals surface area contributed by atoms with Crippen LogP contribution in [-0.4, -0.2) is 97.2 Å². The van der Waals surface area contributed by atoms with Crippen LogP contribution in [0.5, 0.6) is 11.5 Å². The third-order valence-electron chi connectivity index (χ3n) is 10.3. The summed E-state index contributed by atoms with van der Waals surface area (Å²) < 4.78 is 16.8. The lowest BCUT2D eigenvalue weighted by atomic mass is 10.0. The number of carbonyl (C=O) groups is 5. The fourth-order valence-corrected chi connectivity index (χ4v) is 8.03. The summed E-state index contributed by atoms with van der Waals surface area (Å²) in [6, 6.07) is 22.0. The average molecular weight is 931 g/mol. The van der Waals surface area contributed by atoms with Crippen LogP contribution in [0.15, 0.2) is 84.9 Å². The number of nitrogens with one attached hydrogen (secondary N) is 3. The van der Waals surface area contributed by atoms with Crippen molar-refractivity contribution >= 4 is 76.1 Å². The van der Waals surface area contributed by atoms with Crippen molar-refractivity contribution in [2.75, 3.05) is 33.3 Å². The summed E-state index contributed by atoms with van der Waals surface area (Å²) in [5, 5.41) is 18.8. The lowest BCUT2D eigenvalue weighted by molar-refractivity contribution is -0.143. The molecule has 2 fully saturated rings. The minimum Gasteiger partial charge on any atom is -0.490 e. The van der Waals surface area contributed by atoms with E-state index in [9.17, 15) is 29.1 Å². The number of aliphatic carboxylic acids is 1. The van der Waals surface area contributed by atoms with Gasteiger partial charge in [0.1, 0.15) is 35.8 Å². The Balaban J connectivity index is 0.000000235. The van der Waals surface area contributed by atoms with Gasteiger partial charge in [0.25, 0.3) is 11.8 Å². The van der Waals surface area contributed by atoms with E-state index >= 15 is 0 Å². The van der Waals surface area contributed by atoms with Gasteiger partial charge in [0, 0.05) is 45.7 Å². The number of benzene rings is 4. The van der Waals surface area contributed by atoms with E-state index in [1.165, 1.54) is 19.2 Å². The number of carboxylic acid groups (broad SMARTS) is 1. The smallest absolute Gasteiger partial charge is 0.328 e. The molecular formula is C45H48Cl4N4O9. The Hall–Kier alpha value is -5.05. The third-order valence-corrected chi connectivity index (χ3v) is 11.5. The van der Waals surface area contributed by atoms with Crippen molar-refractivity contribution in [1.29, 1.82) is 0 Å². The highest BCUT2D eigenvalue weighted by Crippen LogP contribution is 2.26. The maximum Gasteiger partial charge on any atom is 0.328 e. The van der Waals surface area contributed by atoms with E-state index in [0.717, 1.165) is 55.6 Å². The summed E-state index contributed by atoms with van der Waals surface area (Å²) in [7, 11) is 1.28. The number of rotatable bonds is 14. The predicted octanol–water partition coefficient (Wildman–Crippen LogP) is 7.45. The molecule has 0 bridgehead atoms. The molecule has 0 spiro atoms. The molecular weight excluding hydrogens is 882 g/mol. The van der Waals surface area contributed by atoms with Gasteiger partial charge in [-0.15, -0.1) is 0 Å². The average Bonchev–Trinajstić information content (AvgIpc) is 3.25. The molecule has 6 rings (SSSR count). The first-order valence-electron chi connectivity index (χ1n) is 20.0. The molecule has 0 unspecified atom stereocenters. The molecule has 2 aliphatic heterocycles. The number of nitrogens with zero attached hydrogens (tertiary/aromatic N) is 1. The lowest BCUT2D eigenvalue weighted by Gasteiger charge is -2.31. The van der Waals surface area contributed by atoms with Crippen LogP contribution >= 0.6 is 46.4 Å². The molecule has 4 aromatic carbocycles. The van der Waals surface area contributed by atoms with Crippen LogP contribution in [0.25, 0.3) is 0 Å². The number of halogens is 4. The molecule has 13 nitrogen and oxygen atoms in total. The Morgan fingerprint density at radius 2 is 1.06 bits per heavy atom. The number of carboxylic acids is 1. The van der Waals surface area contributed by atoms with Gasteiger partial charge in [0.2, 0.25) is 5.91 Å². The van der Waals surface area contributed by atoms with Gasteiger partial charge in [0.05, 0.1) is 38.3 Å². The molecule has 0 aliphatic carbocycles. The zero-order chi connectivity index (χ0) is 44.8. The molecule has 62 heavy (non-hydrogen) atoms. The fourth-order valence-electron chi connectivity index (χ4n) is 6.89. The highest BCUT2D eigenvalue weighted by molar-refractivity contribution is 6.40. The van der Waals surface area contributed by atoms with Gasteiger partial charge in [-0.05, 0) is 85.6 Å². The van der Waals surface area contributed by atoms with Crippen molar-refractivity contribution in [2.45, 2.75) is 69.7 Å². The first-order chi connectivity index (χ1) is 29.7. The molecule has 4 aromatic rings. The van der Waals surface area contributed by atoms with Gasteiger partial charge in [-0.3, -0.25) is 14.4 Å². The Labute approximate surface area is 380 Å². The predicted molar refractivity (Wildman–Crippen MR) is 238 cm³/mol. The van der Waals surface area contributed by atoms with Crippen LogP contribution in [0.3, 0.4) is 0 Å². The van der Waals surface area contributed by atoms with Crippen molar-refractivity contribution in [3.05, 3.63) is 127 Å². The Morgan fingerprint density at radius 3 is 1.47 bits per heavy atom. The topological polar surface area (TPSA) is 173 Å². The van der Waals surface area contributed by atoms with Crippen molar-refractivity contribution in [3.8, 4) is 11.5 Å². The van der Waals surface area contributed by atoms with E-state index in [4.69, 9.17) is 60.6 Å². The van der Waals surface area contributed by atoms with E-state index in [-0.39, 0.29) is 62.2 Å². The van der Waals surface area contributed by atoms with E-state index < -0.39 is 35.8 Å². The van der Waals surface area contributed by atoms with Gasteiger partial charge in [-0.2, -0.15) is 0 Å². The van der Waals surface area contributed by atoms with E-state index in [0.29, 0.717) is 18.8 Å². The number of piperidine rings is 2. The minimum atomic E-state index is -1.17. The molecule has 2 aliphatic rings. The number of ether oxygens (including phenoxy) is 3. The van der Waals surface area contributed by atoms with Crippen molar-refractivity contribution < 1.29 is 43.3 Å². The summed E-state index contributed by atoms with van der Waals surface area (Å²) >= 11 is 24.3. The maximum absolute atomic E-state index is 12.7. The second-order valence-electron chi connectivity index (χ2n) is 14.7.